The summed E-state index contributed by atoms with van der Waals surface area (Å²) >= 11 is 0. The summed E-state index contributed by atoms with van der Waals surface area (Å²) in [6.45, 7) is 6.50. The highest BCUT2D eigenvalue weighted by Crippen LogP contribution is 2.26. The van der Waals surface area contributed by atoms with Gasteiger partial charge in [-0.1, -0.05) is 6.92 Å². The average Bonchev–Trinajstić information content (AvgIpc) is 2.96. The fraction of sp³-hybridized carbons (Fsp3) is 0.588. The zero-order valence-corrected chi connectivity index (χ0v) is 13.0. The number of fused-ring (bicyclic) bond motifs is 1. The maximum Gasteiger partial charge on any atom is 0.176 e. The van der Waals surface area contributed by atoms with E-state index < -0.39 is 0 Å². The van der Waals surface area contributed by atoms with Gasteiger partial charge in [-0.05, 0) is 37.2 Å². The van der Waals surface area contributed by atoms with Crippen LogP contribution in [0.2, 0.25) is 0 Å². The highest BCUT2D eigenvalue weighted by Gasteiger charge is 2.24. The number of carbonyl (C=O) groups is 1. The van der Waals surface area contributed by atoms with Crippen molar-refractivity contribution < 1.29 is 9.53 Å². The summed E-state index contributed by atoms with van der Waals surface area (Å²) in [5.41, 5.74) is 2.00. The molecule has 114 valence electrons. The van der Waals surface area contributed by atoms with Crippen molar-refractivity contribution in [3.8, 4) is 5.75 Å². The first-order chi connectivity index (χ1) is 10.2. The van der Waals surface area contributed by atoms with Crippen LogP contribution in [-0.2, 0) is 6.42 Å². The van der Waals surface area contributed by atoms with E-state index in [-0.39, 0.29) is 5.78 Å². The Labute approximate surface area is 126 Å². The van der Waals surface area contributed by atoms with Crippen LogP contribution in [-0.4, -0.2) is 61.5 Å². The number of likely N-dealkylation sites (N-methyl/N-ethyl adjacent to an activating group) is 1. The fourth-order valence-corrected chi connectivity index (χ4v) is 3.25. The minimum atomic E-state index is 0.226. The van der Waals surface area contributed by atoms with Gasteiger partial charge >= 0.3 is 0 Å². The molecule has 4 heteroatoms. The van der Waals surface area contributed by atoms with Crippen molar-refractivity contribution in [3.05, 3.63) is 29.3 Å². The topological polar surface area (TPSA) is 32.8 Å². The van der Waals surface area contributed by atoms with Crippen LogP contribution in [0.1, 0.15) is 29.3 Å². The van der Waals surface area contributed by atoms with E-state index in [2.05, 4.69) is 23.8 Å². The number of ether oxygens (including phenoxy) is 1. The van der Waals surface area contributed by atoms with Gasteiger partial charge in [0.1, 0.15) is 5.75 Å². The first kappa shape index (κ1) is 14.5. The molecular weight excluding hydrogens is 264 g/mol. The summed E-state index contributed by atoms with van der Waals surface area (Å²) in [6, 6.07) is 6.42. The molecule has 2 aliphatic heterocycles. The van der Waals surface area contributed by atoms with Crippen LogP contribution in [0.4, 0.5) is 0 Å². The van der Waals surface area contributed by atoms with Gasteiger partial charge in [0.15, 0.2) is 5.78 Å². The average molecular weight is 288 g/mol. The number of ketones is 1. The smallest absolute Gasteiger partial charge is 0.176 e. The lowest BCUT2D eigenvalue weighted by Gasteiger charge is -2.38. The van der Waals surface area contributed by atoms with E-state index >= 15 is 0 Å². The molecule has 1 unspecified atom stereocenters. The molecule has 21 heavy (non-hydrogen) atoms. The highest BCUT2D eigenvalue weighted by atomic mass is 16.5. The predicted octanol–water partition coefficient (Wildman–Crippen LogP) is 1.83. The second-order valence-electron chi connectivity index (χ2n) is 6.12. The molecule has 0 aliphatic carbocycles. The van der Waals surface area contributed by atoms with Crippen LogP contribution in [0, 0.1) is 0 Å². The van der Waals surface area contributed by atoms with Gasteiger partial charge in [-0.2, -0.15) is 0 Å². The number of benzene rings is 1. The maximum absolute atomic E-state index is 12.5. The third-order valence-electron chi connectivity index (χ3n) is 4.71. The lowest BCUT2D eigenvalue weighted by Crippen LogP contribution is -2.52. The molecule has 1 aromatic carbocycles. The molecule has 0 amide bonds. The third kappa shape index (κ3) is 3.11. The number of hydrogen-bond acceptors (Lipinski definition) is 4. The Bertz CT molecular complexity index is 530. The quantitative estimate of drug-likeness (QED) is 0.791. The molecule has 0 spiro atoms. The van der Waals surface area contributed by atoms with Gasteiger partial charge in [-0.3, -0.25) is 9.69 Å². The summed E-state index contributed by atoms with van der Waals surface area (Å²) in [7, 11) is 2.17. The van der Waals surface area contributed by atoms with Crippen LogP contribution < -0.4 is 4.74 Å². The molecule has 2 heterocycles. The van der Waals surface area contributed by atoms with E-state index in [1.807, 2.05) is 18.2 Å². The Morgan fingerprint density at radius 2 is 2.24 bits per heavy atom. The van der Waals surface area contributed by atoms with Gasteiger partial charge in [-0.15, -0.1) is 0 Å². The number of piperazine rings is 1. The second kappa shape index (κ2) is 6.16. The summed E-state index contributed by atoms with van der Waals surface area (Å²) in [5.74, 6) is 1.17. The molecule has 0 radical (unpaired) electrons. The van der Waals surface area contributed by atoms with Crippen molar-refractivity contribution in [1.82, 2.24) is 9.80 Å². The Morgan fingerprint density at radius 1 is 1.38 bits per heavy atom. The van der Waals surface area contributed by atoms with Gasteiger partial charge in [0.05, 0.1) is 13.2 Å². The van der Waals surface area contributed by atoms with E-state index in [1.54, 1.807) is 0 Å². The van der Waals surface area contributed by atoms with Gasteiger partial charge < -0.3 is 9.64 Å². The fourth-order valence-electron chi connectivity index (χ4n) is 3.25. The SMILES string of the molecule is CCC1CN(CC(=O)c2ccc3c(c2)CCO3)CCN1C. The summed E-state index contributed by atoms with van der Waals surface area (Å²) in [4.78, 5) is 17.2. The molecule has 0 aromatic heterocycles. The zero-order valence-electron chi connectivity index (χ0n) is 13.0. The van der Waals surface area contributed by atoms with Crippen LogP contribution >= 0.6 is 0 Å². The molecule has 0 N–H and O–H groups in total. The largest absolute Gasteiger partial charge is 0.493 e. The molecule has 2 aliphatic rings. The monoisotopic (exact) mass is 288 g/mol. The Kier molecular flexibility index (Phi) is 4.27. The zero-order chi connectivity index (χ0) is 14.8. The Morgan fingerprint density at radius 3 is 3.05 bits per heavy atom. The number of nitrogens with zero attached hydrogens (tertiary/aromatic N) is 2. The van der Waals surface area contributed by atoms with Crippen LogP contribution in [0.15, 0.2) is 18.2 Å². The van der Waals surface area contributed by atoms with Crippen molar-refractivity contribution >= 4 is 5.78 Å². The maximum atomic E-state index is 12.5. The van der Waals surface area contributed by atoms with Crippen molar-refractivity contribution in [2.75, 3.05) is 39.8 Å². The van der Waals surface area contributed by atoms with E-state index in [1.165, 1.54) is 5.56 Å². The number of hydrogen-bond donors (Lipinski definition) is 0. The Balaban J connectivity index is 1.64. The van der Waals surface area contributed by atoms with Crippen LogP contribution in [0.25, 0.3) is 0 Å². The van der Waals surface area contributed by atoms with Crippen molar-refractivity contribution in [1.29, 1.82) is 0 Å². The molecule has 0 bridgehead atoms. The molecule has 3 rings (SSSR count). The molecule has 1 fully saturated rings. The summed E-state index contributed by atoms with van der Waals surface area (Å²) in [5, 5.41) is 0. The van der Waals surface area contributed by atoms with Crippen molar-refractivity contribution in [2.24, 2.45) is 0 Å². The summed E-state index contributed by atoms with van der Waals surface area (Å²) in [6.07, 6.45) is 2.06. The first-order valence-electron chi connectivity index (χ1n) is 7.89. The van der Waals surface area contributed by atoms with Gasteiger partial charge in [-0.25, -0.2) is 0 Å². The van der Waals surface area contributed by atoms with Gasteiger partial charge in [0.25, 0.3) is 0 Å². The second-order valence-corrected chi connectivity index (χ2v) is 6.12. The Hall–Kier alpha value is -1.39. The number of rotatable bonds is 4. The molecule has 1 saturated heterocycles. The van der Waals surface area contributed by atoms with E-state index in [0.29, 0.717) is 12.6 Å². The highest BCUT2D eigenvalue weighted by molar-refractivity contribution is 5.98. The number of Topliss-reactive ketones (excluding diaryl/α,β-unsaturated/α-hetero) is 1. The normalized spacial score (nSPS) is 22.9. The minimum Gasteiger partial charge on any atom is -0.493 e. The van der Waals surface area contributed by atoms with E-state index in [0.717, 1.165) is 50.4 Å². The molecule has 0 saturated carbocycles. The van der Waals surface area contributed by atoms with E-state index in [4.69, 9.17) is 4.74 Å². The molecule has 1 atom stereocenters. The lowest BCUT2D eigenvalue weighted by atomic mass is 10.0. The molecule has 1 aromatic rings. The van der Waals surface area contributed by atoms with E-state index in [9.17, 15) is 4.79 Å². The lowest BCUT2D eigenvalue weighted by molar-refractivity contribution is 0.0743. The number of carbonyl (C=O) groups excluding carboxylic acids is 1. The summed E-state index contributed by atoms with van der Waals surface area (Å²) < 4.78 is 5.50. The molecular formula is C17H24N2O2. The first-order valence-corrected chi connectivity index (χ1v) is 7.89. The van der Waals surface area contributed by atoms with Gasteiger partial charge in [0.2, 0.25) is 0 Å². The van der Waals surface area contributed by atoms with Crippen molar-refractivity contribution in [3.63, 3.8) is 0 Å². The third-order valence-corrected chi connectivity index (χ3v) is 4.71. The van der Waals surface area contributed by atoms with Crippen LogP contribution in [0.5, 0.6) is 5.75 Å². The predicted molar refractivity (Wildman–Crippen MR) is 83.1 cm³/mol. The van der Waals surface area contributed by atoms with Crippen molar-refractivity contribution in [2.45, 2.75) is 25.8 Å². The minimum absolute atomic E-state index is 0.226. The molecule has 4 nitrogen and oxygen atoms in total. The standard InChI is InChI=1S/C17H24N2O2/c1-3-15-11-19(8-7-18(15)2)12-16(20)13-4-5-17-14(10-13)6-9-21-17/h4-5,10,15H,3,6-9,11-12H2,1-2H3. The van der Waals surface area contributed by atoms with Crippen LogP contribution in [0.3, 0.4) is 0 Å². The van der Waals surface area contributed by atoms with Gasteiger partial charge in [0, 0.05) is 37.7 Å².